The number of nitrogens with one attached hydrogen (secondary N) is 1. The Morgan fingerprint density at radius 1 is 1.41 bits per heavy atom. The number of amides is 1. The van der Waals surface area contributed by atoms with Gasteiger partial charge in [0.25, 0.3) is 12.3 Å². The Morgan fingerprint density at radius 2 is 2.22 bits per heavy atom. The summed E-state index contributed by atoms with van der Waals surface area (Å²) in [5, 5.41) is 9.12. The maximum absolute atomic E-state index is 13.5. The molecule has 2 aliphatic rings. The van der Waals surface area contributed by atoms with Crippen LogP contribution in [0.25, 0.3) is 0 Å². The second-order valence-electron chi connectivity index (χ2n) is 7.40. The normalized spacial score (nSPS) is 25.4. The summed E-state index contributed by atoms with van der Waals surface area (Å²) in [6, 6.07) is -1.11. The average Bonchev–Trinajstić information content (AvgIpc) is 3.27. The minimum absolute atomic E-state index is 0.0472. The summed E-state index contributed by atoms with van der Waals surface area (Å²) in [4.78, 5) is 20.1. The molecule has 2 aromatic rings. The van der Waals surface area contributed by atoms with E-state index in [1.165, 1.54) is 11.0 Å². The summed E-state index contributed by atoms with van der Waals surface area (Å²) in [6.07, 6.45) is 0.888. The van der Waals surface area contributed by atoms with Crippen molar-refractivity contribution >= 4 is 23.2 Å². The smallest absolute Gasteiger partial charge is 0.260 e. The van der Waals surface area contributed by atoms with Gasteiger partial charge in [0.2, 0.25) is 5.95 Å². The number of hydrogen-bond donors (Lipinski definition) is 1. The van der Waals surface area contributed by atoms with Crippen molar-refractivity contribution in [1.82, 2.24) is 19.7 Å². The number of aryl methyl sites for hydroxylation is 1. The van der Waals surface area contributed by atoms with Crippen molar-refractivity contribution in [2.45, 2.75) is 51.6 Å². The summed E-state index contributed by atoms with van der Waals surface area (Å²) in [5.41, 5.74) is 1.80. The van der Waals surface area contributed by atoms with Crippen LogP contribution in [0.5, 0.6) is 0 Å². The molecular weight excluding hydrogens is 372 g/mol. The number of nitrogens with zero attached hydrogens (tertiary/aromatic N) is 4. The van der Waals surface area contributed by atoms with Gasteiger partial charge in [-0.2, -0.15) is 10.1 Å². The fourth-order valence-corrected chi connectivity index (χ4v) is 4.98. The number of aromatic nitrogens is 3. The van der Waals surface area contributed by atoms with Crippen molar-refractivity contribution in [3.63, 3.8) is 0 Å². The number of alkyl halides is 2. The predicted molar refractivity (Wildman–Crippen MR) is 99.5 cm³/mol. The highest BCUT2D eigenvalue weighted by Gasteiger charge is 2.39. The number of carbonyl (C=O) groups excluding carboxylic acids is 1. The van der Waals surface area contributed by atoms with Gasteiger partial charge in [0.1, 0.15) is 12.4 Å². The third-order valence-corrected chi connectivity index (χ3v) is 6.83. The lowest BCUT2D eigenvalue weighted by atomic mass is 9.86. The quantitative estimate of drug-likeness (QED) is 0.864. The van der Waals surface area contributed by atoms with Gasteiger partial charge in [-0.1, -0.05) is 0 Å². The van der Waals surface area contributed by atoms with Crippen LogP contribution >= 0.6 is 11.3 Å². The Labute approximate surface area is 160 Å². The molecule has 6 nitrogen and oxygen atoms in total. The van der Waals surface area contributed by atoms with E-state index in [4.69, 9.17) is 0 Å². The molecule has 1 amide bonds. The van der Waals surface area contributed by atoms with Crippen LogP contribution in [-0.2, 0) is 0 Å². The fraction of sp³-hybridized carbons (Fsp3) is 0.611. The van der Waals surface area contributed by atoms with E-state index in [-0.39, 0.29) is 24.3 Å². The largest absolute Gasteiger partial charge is 0.351 e. The van der Waals surface area contributed by atoms with Gasteiger partial charge < -0.3 is 10.2 Å². The van der Waals surface area contributed by atoms with Gasteiger partial charge in [-0.3, -0.25) is 4.79 Å². The minimum Gasteiger partial charge on any atom is -0.351 e. The average molecular weight is 395 g/mol. The molecule has 27 heavy (non-hydrogen) atoms. The first-order valence-electron chi connectivity index (χ1n) is 9.24. The Morgan fingerprint density at radius 3 is 2.93 bits per heavy atom. The highest BCUT2D eigenvalue weighted by molar-refractivity contribution is 7.10. The Hall–Kier alpha value is -2.03. The molecule has 0 saturated carbocycles. The van der Waals surface area contributed by atoms with E-state index >= 15 is 0 Å². The van der Waals surface area contributed by atoms with Crippen LogP contribution in [-0.4, -0.2) is 51.1 Å². The highest BCUT2D eigenvalue weighted by atomic mass is 32.1. The molecule has 0 radical (unpaired) electrons. The maximum atomic E-state index is 13.5. The van der Waals surface area contributed by atoms with Gasteiger partial charge in [-0.05, 0) is 44.6 Å². The number of piperidine rings is 1. The van der Waals surface area contributed by atoms with Crippen LogP contribution in [0.2, 0.25) is 0 Å². The molecule has 0 aliphatic carbocycles. The standard InChI is InChI=1S/C18H23F2N5OS/c1-10-11(2)27-8-13(10)17(26)24-5-3-4-12(7-24)14-6-15(16(19)20)25-18(23-14)21-9-22-25/h8-9,12,14-16H,3-7H2,1-2H3,(H,21,22,23)/t12?,14-,15+/m0/s1. The molecule has 1 fully saturated rings. The Bertz CT molecular complexity index is 836. The number of fused-ring (bicyclic) bond motifs is 1. The number of hydrogen-bond acceptors (Lipinski definition) is 5. The molecule has 2 aromatic heterocycles. The first-order chi connectivity index (χ1) is 13.0. The fourth-order valence-electron chi connectivity index (χ4n) is 4.12. The monoisotopic (exact) mass is 395 g/mol. The van der Waals surface area contributed by atoms with Crippen LogP contribution < -0.4 is 5.32 Å². The van der Waals surface area contributed by atoms with Crippen molar-refractivity contribution < 1.29 is 13.6 Å². The zero-order valence-corrected chi connectivity index (χ0v) is 16.2. The van der Waals surface area contributed by atoms with Crippen molar-refractivity contribution in [3.8, 4) is 0 Å². The van der Waals surface area contributed by atoms with E-state index in [2.05, 4.69) is 15.4 Å². The molecule has 0 bridgehead atoms. The van der Waals surface area contributed by atoms with Gasteiger partial charge in [-0.15, -0.1) is 11.3 Å². The van der Waals surface area contributed by atoms with Crippen molar-refractivity contribution in [2.24, 2.45) is 5.92 Å². The number of rotatable bonds is 3. The van der Waals surface area contributed by atoms with Crippen molar-refractivity contribution in [2.75, 3.05) is 18.4 Å². The molecular formula is C18H23F2N5OS. The van der Waals surface area contributed by atoms with Gasteiger partial charge in [0, 0.05) is 29.4 Å². The topological polar surface area (TPSA) is 63.1 Å². The molecule has 1 saturated heterocycles. The summed E-state index contributed by atoms with van der Waals surface area (Å²) >= 11 is 1.59. The molecule has 4 heterocycles. The van der Waals surface area contributed by atoms with Gasteiger partial charge in [0.15, 0.2) is 0 Å². The third kappa shape index (κ3) is 3.33. The summed E-state index contributed by atoms with van der Waals surface area (Å²) < 4.78 is 28.3. The second kappa shape index (κ2) is 7.18. The molecule has 1 N–H and O–H groups in total. The van der Waals surface area contributed by atoms with E-state index in [0.717, 1.165) is 28.8 Å². The predicted octanol–water partition coefficient (Wildman–Crippen LogP) is 3.50. The number of likely N-dealkylation sites (tertiary alicyclic amines) is 1. The highest BCUT2D eigenvalue weighted by Crippen LogP contribution is 2.35. The van der Waals surface area contributed by atoms with Crippen LogP contribution in [0, 0.1) is 19.8 Å². The molecule has 1 unspecified atom stereocenters. The van der Waals surface area contributed by atoms with Crippen LogP contribution in [0.3, 0.4) is 0 Å². The summed E-state index contributed by atoms with van der Waals surface area (Å²) in [6.45, 7) is 5.28. The first kappa shape index (κ1) is 18.3. The lowest BCUT2D eigenvalue weighted by molar-refractivity contribution is 0.0504. The van der Waals surface area contributed by atoms with Gasteiger partial charge >= 0.3 is 0 Å². The van der Waals surface area contributed by atoms with E-state index < -0.39 is 12.5 Å². The number of halogens is 2. The Balaban J connectivity index is 1.50. The third-order valence-electron chi connectivity index (χ3n) is 5.82. The van der Waals surface area contributed by atoms with Gasteiger partial charge in [-0.25, -0.2) is 13.5 Å². The molecule has 146 valence electrons. The second-order valence-corrected chi connectivity index (χ2v) is 8.48. The lowest BCUT2D eigenvalue weighted by Crippen LogP contribution is -2.48. The molecule has 2 aliphatic heterocycles. The van der Waals surface area contributed by atoms with E-state index in [1.807, 2.05) is 24.1 Å². The van der Waals surface area contributed by atoms with Gasteiger partial charge in [0.05, 0.1) is 5.56 Å². The zero-order chi connectivity index (χ0) is 19.1. The molecule has 3 atom stereocenters. The van der Waals surface area contributed by atoms with Crippen molar-refractivity contribution in [3.05, 3.63) is 27.7 Å². The van der Waals surface area contributed by atoms with Crippen LogP contribution in [0.1, 0.15) is 46.1 Å². The number of carbonyl (C=O) groups is 1. The van der Waals surface area contributed by atoms with Crippen LogP contribution in [0.4, 0.5) is 14.7 Å². The summed E-state index contributed by atoms with van der Waals surface area (Å²) in [7, 11) is 0. The number of anilines is 1. The molecule has 0 spiro atoms. The first-order valence-corrected chi connectivity index (χ1v) is 10.1. The molecule has 9 heteroatoms. The summed E-state index contributed by atoms with van der Waals surface area (Å²) in [5.74, 6) is 0.560. The van der Waals surface area contributed by atoms with Crippen LogP contribution in [0.15, 0.2) is 11.7 Å². The SMILES string of the molecule is Cc1scc(C(=O)N2CCCC([C@@H]3C[C@H](C(F)F)n4ncnc4N3)C2)c1C. The van der Waals surface area contributed by atoms with E-state index in [1.54, 1.807) is 11.3 Å². The zero-order valence-electron chi connectivity index (χ0n) is 15.4. The molecule has 0 aromatic carbocycles. The van der Waals surface area contributed by atoms with E-state index in [0.29, 0.717) is 19.0 Å². The Kier molecular flexibility index (Phi) is 4.88. The van der Waals surface area contributed by atoms with E-state index in [9.17, 15) is 13.6 Å². The lowest BCUT2D eigenvalue weighted by Gasteiger charge is -2.40. The van der Waals surface area contributed by atoms with Crippen molar-refractivity contribution in [1.29, 1.82) is 0 Å². The minimum atomic E-state index is -2.49. The molecule has 4 rings (SSSR count). The maximum Gasteiger partial charge on any atom is 0.260 e. The number of thiophene rings is 1.